The van der Waals surface area contributed by atoms with Gasteiger partial charge < -0.3 is 29.4 Å². The molecule has 2 N–H and O–H groups in total. The van der Waals surface area contributed by atoms with Crippen LogP contribution in [0, 0.1) is 11.3 Å². The van der Waals surface area contributed by atoms with Gasteiger partial charge in [0.05, 0.1) is 35.2 Å². The number of allylic oxidation sites excluding steroid dienone is 1. The Morgan fingerprint density at radius 3 is 2.23 bits per heavy atom. The second-order valence-corrected chi connectivity index (χ2v) is 9.76. The van der Waals surface area contributed by atoms with Gasteiger partial charge in [-0.1, -0.05) is 76.2 Å². The fraction of sp³-hybridized carbons (Fsp3) is 0.154. The lowest BCUT2D eigenvalue weighted by Gasteiger charge is -2.28. The van der Waals surface area contributed by atoms with Crippen LogP contribution in [0.5, 0.6) is 28.7 Å². The molecule has 0 aliphatic carbocycles. The summed E-state index contributed by atoms with van der Waals surface area (Å²) in [7, 11) is 3.01. The lowest BCUT2D eigenvalue weighted by Crippen LogP contribution is -2.22. The zero-order valence-electron chi connectivity index (χ0n) is 20.1. The number of hydrogen-bond donors (Lipinski definition) is 1. The largest absolute Gasteiger partial charge is 0.493 e. The minimum atomic E-state index is -0.799. The Morgan fingerprint density at radius 1 is 0.949 bits per heavy atom. The van der Waals surface area contributed by atoms with Crippen LogP contribution in [0.2, 0.25) is 25.1 Å². The summed E-state index contributed by atoms with van der Waals surface area (Å²) in [5, 5.41) is 9.44. The Labute approximate surface area is 248 Å². The van der Waals surface area contributed by atoms with E-state index >= 15 is 0 Å². The quantitative estimate of drug-likeness (QED) is 0.127. The first-order chi connectivity index (χ1) is 18.6. The summed E-state index contributed by atoms with van der Waals surface area (Å²) in [6, 6.07) is 12.1. The van der Waals surface area contributed by atoms with E-state index in [1.165, 1.54) is 26.4 Å². The van der Waals surface area contributed by atoms with Crippen molar-refractivity contribution < 1.29 is 28.5 Å². The molecule has 0 saturated heterocycles. The summed E-state index contributed by atoms with van der Waals surface area (Å²) in [6.07, 6.45) is 0. The number of para-hydroxylation sites is 1. The maximum absolute atomic E-state index is 12.5. The third kappa shape index (κ3) is 5.46. The molecule has 0 bridgehead atoms. The average molecular weight is 631 g/mol. The fourth-order valence-electron chi connectivity index (χ4n) is 3.96. The van der Waals surface area contributed by atoms with Crippen molar-refractivity contribution in [2.24, 2.45) is 5.73 Å². The van der Waals surface area contributed by atoms with Crippen LogP contribution in [0.15, 0.2) is 47.9 Å². The summed E-state index contributed by atoms with van der Waals surface area (Å²) >= 11 is 30.3. The molecular formula is C26H17Cl5N2O6. The van der Waals surface area contributed by atoms with Gasteiger partial charge in [0.25, 0.3) is 0 Å². The molecule has 8 nitrogen and oxygen atoms in total. The zero-order valence-corrected chi connectivity index (χ0v) is 23.9. The Balaban J connectivity index is 1.61. The maximum Gasteiger partial charge on any atom is 0.349 e. The number of rotatable bonds is 7. The number of methoxy groups -OCH3 is 2. The van der Waals surface area contributed by atoms with Gasteiger partial charge in [-0.2, -0.15) is 5.26 Å². The summed E-state index contributed by atoms with van der Waals surface area (Å²) in [5.41, 5.74) is 7.50. The molecule has 0 spiro atoms. The third-order valence-corrected chi connectivity index (χ3v) is 7.91. The van der Waals surface area contributed by atoms with E-state index < -0.39 is 18.5 Å². The molecule has 1 unspecified atom stereocenters. The minimum Gasteiger partial charge on any atom is -0.493 e. The molecule has 39 heavy (non-hydrogen) atoms. The normalized spacial score (nSPS) is 14.2. The number of esters is 1. The first kappa shape index (κ1) is 28.8. The van der Waals surface area contributed by atoms with Crippen LogP contribution in [-0.2, 0) is 4.79 Å². The highest BCUT2D eigenvalue weighted by molar-refractivity contribution is 6.55. The molecule has 202 valence electrons. The third-order valence-electron chi connectivity index (χ3n) is 5.67. The number of nitriles is 1. The van der Waals surface area contributed by atoms with E-state index in [0.717, 1.165) is 0 Å². The van der Waals surface area contributed by atoms with Crippen molar-refractivity contribution in [3.63, 3.8) is 0 Å². The van der Waals surface area contributed by atoms with Crippen molar-refractivity contribution in [3.05, 3.63) is 84.1 Å². The van der Waals surface area contributed by atoms with Crippen LogP contribution in [-0.4, -0.2) is 26.8 Å². The van der Waals surface area contributed by atoms with E-state index in [-0.39, 0.29) is 53.8 Å². The lowest BCUT2D eigenvalue weighted by molar-refractivity contribution is -0.136. The van der Waals surface area contributed by atoms with Gasteiger partial charge in [-0.25, -0.2) is 4.79 Å². The number of ether oxygens (including phenoxy) is 5. The minimum absolute atomic E-state index is 0.0462. The van der Waals surface area contributed by atoms with Crippen molar-refractivity contribution in [1.82, 2.24) is 0 Å². The molecule has 1 aliphatic heterocycles. The second-order valence-electron chi connectivity index (χ2n) is 7.87. The van der Waals surface area contributed by atoms with Crippen LogP contribution in [0.1, 0.15) is 17.0 Å². The smallest absolute Gasteiger partial charge is 0.349 e. The highest BCUT2D eigenvalue weighted by Crippen LogP contribution is 2.49. The Bertz CT molecular complexity index is 1520. The number of benzene rings is 3. The van der Waals surface area contributed by atoms with E-state index in [0.29, 0.717) is 22.6 Å². The summed E-state index contributed by atoms with van der Waals surface area (Å²) in [4.78, 5) is 12.5. The van der Waals surface area contributed by atoms with Gasteiger partial charge in [0.2, 0.25) is 5.88 Å². The first-order valence-corrected chi connectivity index (χ1v) is 12.8. The molecule has 13 heteroatoms. The maximum atomic E-state index is 12.5. The van der Waals surface area contributed by atoms with E-state index in [1.54, 1.807) is 24.3 Å². The fourth-order valence-corrected chi connectivity index (χ4v) is 5.19. The van der Waals surface area contributed by atoms with Gasteiger partial charge in [0, 0.05) is 17.2 Å². The Kier molecular flexibility index (Phi) is 8.80. The number of fused-ring (bicyclic) bond motifs is 1. The summed E-state index contributed by atoms with van der Waals surface area (Å²) < 4.78 is 27.5. The standard InChI is InChI=1S/C26H17Cl5N2O6/c1-35-15-5-3-4-13(24(15)36-2)18-12-7-6-11(8-16(12)39-26(33)14(18)9-32)38-17(34)10-37-25-22(30)20(28)19(27)21(29)23(25)31/h3-8,18H,10,33H2,1-2H3. The SMILES string of the molecule is COc1cccc(C2C(C#N)=C(N)Oc3cc(OC(=O)COc4c(Cl)c(Cl)c(Cl)c(Cl)c4Cl)ccc32)c1OC. The molecule has 3 aromatic carbocycles. The molecule has 1 aliphatic rings. The molecule has 3 aromatic rings. The number of nitrogens with zero attached hydrogens (tertiary/aromatic N) is 1. The summed E-state index contributed by atoms with van der Waals surface area (Å²) in [5.74, 6) is -0.356. The topological polar surface area (TPSA) is 113 Å². The van der Waals surface area contributed by atoms with E-state index in [4.69, 9.17) is 87.4 Å². The van der Waals surface area contributed by atoms with Crippen molar-refractivity contribution in [2.45, 2.75) is 5.92 Å². The molecule has 1 atom stereocenters. The van der Waals surface area contributed by atoms with Gasteiger partial charge in [-0.15, -0.1) is 0 Å². The van der Waals surface area contributed by atoms with Crippen LogP contribution in [0.25, 0.3) is 0 Å². The van der Waals surface area contributed by atoms with E-state index in [1.807, 2.05) is 0 Å². The Morgan fingerprint density at radius 2 is 1.62 bits per heavy atom. The number of hydrogen-bond acceptors (Lipinski definition) is 8. The van der Waals surface area contributed by atoms with Gasteiger partial charge >= 0.3 is 5.97 Å². The number of carbonyl (C=O) groups excluding carboxylic acids is 1. The highest BCUT2D eigenvalue weighted by Gasteiger charge is 2.34. The van der Waals surface area contributed by atoms with Gasteiger partial charge in [0.1, 0.15) is 33.2 Å². The first-order valence-electron chi connectivity index (χ1n) is 10.9. The van der Waals surface area contributed by atoms with Crippen LogP contribution in [0.3, 0.4) is 0 Å². The molecule has 0 saturated carbocycles. The molecular weight excluding hydrogens is 614 g/mol. The lowest BCUT2D eigenvalue weighted by atomic mass is 9.83. The van der Waals surface area contributed by atoms with Gasteiger partial charge in [-0.3, -0.25) is 0 Å². The monoisotopic (exact) mass is 628 g/mol. The molecule has 0 fully saturated rings. The molecule has 1 heterocycles. The van der Waals surface area contributed by atoms with Crippen molar-refractivity contribution in [2.75, 3.05) is 20.8 Å². The summed E-state index contributed by atoms with van der Waals surface area (Å²) in [6.45, 7) is -0.587. The number of halogens is 5. The molecule has 0 aromatic heterocycles. The molecule has 0 amide bonds. The van der Waals surface area contributed by atoms with Crippen LogP contribution < -0.4 is 29.4 Å². The Hall–Kier alpha value is -3.19. The van der Waals surface area contributed by atoms with E-state index in [9.17, 15) is 10.1 Å². The van der Waals surface area contributed by atoms with Crippen LogP contribution in [0.4, 0.5) is 0 Å². The van der Waals surface area contributed by atoms with E-state index in [2.05, 4.69) is 6.07 Å². The number of carbonyl (C=O) groups is 1. The predicted octanol–water partition coefficient (Wildman–Crippen LogP) is 7.17. The van der Waals surface area contributed by atoms with Crippen molar-refractivity contribution in [1.29, 1.82) is 5.26 Å². The van der Waals surface area contributed by atoms with Gasteiger partial charge in [-0.05, 0) is 12.1 Å². The zero-order chi connectivity index (χ0) is 28.4. The predicted molar refractivity (Wildman–Crippen MR) is 148 cm³/mol. The average Bonchev–Trinajstić information content (AvgIpc) is 2.93. The van der Waals surface area contributed by atoms with Crippen molar-refractivity contribution >= 4 is 64.0 Å². The van der Waals surface area contributed by atoms with Crippen LogP contribution >= 0.6 is 58.0 Å². The highest BCUT2D eigenvalue weighted by atomic mass is 35.5. The van der Waals surface area contributed by atoms with Gasteiger partial charge in [0.15, 0.2) is 23.9 Å². The molecule has 4 rings (SSSR count). The second kappa shape index (κ2) is 11.9. The molecule has 0 radical (unpaired) electrons. The number of nitrogens with two attached hydrogens (primary N) is 1. The van der Waals surface area contributed by atoms with Crippen molar-refractivity contribution in [3.8, 4) is 34.8 Å².